The zero-order valence-electron chi connectivity index (χ0n) is 25.6. The van der Waals surface area contributed by atoms with Gasteiger partial charge in [-0.05, 0) is 70.5 Å². The van der Waals surface area contributed by atoms with Gasteiger partial charge in [0.2, 0.25) is 0 Å². The van der Waals surface area contributed by atoms with Crippen molar-refractivity contribution in [1.82, 2.24) is 9.97 Å². The summed E-state index contributed by atoms with van der Waals surface area (Å²) in [6.07, 6.45) is 1.82. The van der Waals surface area contributed by atoms with Crippen LogP contribution in [0.2, 0.25) is 0 Å². The van der Waals surface area contributed by atoms with Crippen molar-refractivity contribution < 1.29 is 5.11 Å². The first-order chi connectivity index (χ1) is 20.5. The van der Waals surface area contributed by atoms with Gasteiger partial charge in [0.15, 0.2) is 0 Å². The number of pyridine rings is 1. The smallest absolute Gasteiger partial charge is 0.137 e. The summed E-state index contributed by atoms with van der Waals surface area (Å²) in [6, 6.07) is 35.4. The molecule has 0 unspecified atom stereocenters. The average molecular weight is 584 g/mol. The molecule has 2 heterocycles. The Hall–Kier alpha value is -4.48. The third kappa shape index (κ3) is 5.65. The van der Waals surface area contributed by atoms with Crippen molar-refractivity contribution in [2.24, 2.45) is 0 Å². The van der Waals surface area contributed by atoms with Crippen LogP contribution >= 0.6 is 11.3 Å². The van der Waals surface area contributed by atoms with E-state index in [-0.39, 0.29) is 10.8 Å². The lowest BCUT2D eigenvalue weighted by Gasteiger charge is -2.27. The highest BCUT2D eigenvalue weighted by Crippen LogP contribution is 2.45. The molecule has 1 N–H and O–H groups in total. The number of phenolic OH excluding ortho intramolecular Hbond substituents is 1. The van der Waals surface area contributed by atoms with E-state index in [0.29, 0.717) is 5.75 Å². The highest BCUT2D eigenvalue weighted by atomic mass is 32.1. The van der Waals surface area contributed by atoms with Gasteiger partial charge in [0.1, 0.15) is 16.6 Å². The van der Waals surface area contributed by atoms with Crippen molar-refractivity contribution in [3.8, 4) is 27.4 Å². The largest absolute Gasteiger partial charge is 0.507 e. The predicted octanol–water partition coefficient (Wildman–Crippen LogP) is 10.8. The molecule has 5 heteroatoms. The maximum absolute atomic E-state index is 11.5. The Morgan fingerprint density at radius 1 is 0.674 bits per heavy atom. The quantitative estimate of drug-likeness (QED) is 0.219. The van der Waals surface area contributed by atoms with Crippen molar-refractivity contribution in [1.29, 1.82) is 0 Å². The van der Waals surface area contributed by atoms with E-state index in [1.54, 1.807) is 11.3 Å². The summed E-state index contributed by atoms with van der Waals surface area (Å²) in [5, 5.41) is 12.4. The number of aromatic nitrogens is 2. The molecular formula is C38H37N3OS. The molecule has 0 amide bonds. The lowest BCUT2D eigenvalue weighted by molar-refractivity contribution is 0.446. The summed E-state index contributed by atoms with van der Waals surface area (Å²) >= 11 is 1.62. The number of phenols is 1. The minimum Gasteiger partial charge on any atom is -0.507 e. The topological polar surface area (TPSA) is 49.2 Å². The van der Waals surface area contributed by atoms with Crippen molar-refractivity contribution in [3.05, 3.63) is 120 Å². The van der Waals surface area contributed by atoms with Gasteiger partial charge < -0.3 is 5.11 Å². The molecule has 0 atom stereocenters. The normalized spacial score (nSPS) is 12.0. The van der Waals surface area contributed by atoms with Crippen LogP contribution in [0.15, 0.2) is 109 Å². The van der Waals surface area contributed by atoms with E-state index < -0.39 is 0 Å². The molecule has 0 saturated heterocycles. The van der Waals surface area contributed by atoms with Gasteiger partial charge in [-0.2, -0.15) is 0 Å². The Balaban J connectivity index is 1.49. The Bertz CT molecular complexity index is 1860. The number of hydrogen-bond acceptors (Lipinski definition) is 5. The monoisotopic (exact) mass is 583 g/mol. The number of rotatable bonds is 5. The van der Waals surface area contributed by atoms with Crippen LogP contribution in [-0.2, 0) is 10.8 Å². The summed E-state index contributed by atoms with van der Waals surface area (Å²) in [5.41, 5.74) is 7.76. The molecule has 43 heavy (non-hydrogen) atoms. The molecule has 0 spiro atoms. The molecule has 4 nitrogen and oxygen atoms in total. The van der Waals surface area contributed by atoms with Crippen LogP contribution in [-0.4, -0.2) is 15.1 Å². The number of aromatic hydroxyl groups is 1. The zero-order valence-corrected chi connectivity index (χ0v) is 26.4. The second kappa shape index (κ2) is 11.0. The van der Waals surface area contributed by atoms with E-state index in [1.807, 2.05) is 42.6 Å². The molecule has 0 aliphatic heterocycles. The molecule has 0 bridgehead atoms. The van der Waals surface area contributed by atoms with Crippen LogP contribution in [0.3, 0.4) is 0 Å². The third-order valence-corrected chi connectivity index (χ3v) is 8.80. The molecule has 4 aromatic carbocycles. The van der Waals surface area contributed by atoms with Crippen LogP contribution in [0, 0.1) is 0 Å². The van der Waals surface area contributed by atoms with Crippen molar-refractivity contribution in [2.75, 3.05) is 4.90 Å². The number of thiazole rings is 1. The second-order valence-corrected chi connectivity index (χ2v) is 14.0. The van der Waals surface area contributed by atoms with Crippen LogP contribution < -0.4 is 4.90 Å². The molecule has 216 valence electrons. The first-order valence-electron chi connectivity index (χ1n) is 14.7. The van der Waals surface area contributed by atoms with E-state index in [4.69, 9.17) is 4.98 Å². The first kappa shape index (κ1) is 28.6. The molecule has 0 saturated carbocycles. The van der Waals surface area contributed by atoms with Crippen LogP contribution in [0.5, 0.6) is 5.75 Å². The summed E-state index contributed by atoms with van der Waals surface area (Å²) in [6.45, 7) is 13.1. The fourth-order valence-electron chi connectivity index (χ4n) is 5.39. The van der Waals surface area contributed by atoms with Crippen LogP contribution in [0.25, 0.3) is 31.9 Å². The minimum absolute atomic E-state index is 0.0665. The summed E-state index contributed by atoms with van der Waals surface area (Å²) in [7, 11) is 0. The number of nitrogens with zero attached hydrogens (tertiary/aromatic N) is 3. The maximum atomic E-state index is 11.5. The number of anilines is 3. The van der Waals surface area contributed by atoms with E-state index in [0.717, 1.165) is 54.7 Å². The highest BCUT2D eigenvalue weighted by Gasteiger charge is 2.27. The van der Waals surface area contributed by atoms with Gasteiger partial charge in [-0.1, -0.05) is 96.1 Å². The second-order valence-electron chi connectivity index (χ2n) is 13.0. The fraction of sp³-hybridized carbons (Fsp3) is 0.211. The summed E-state index contributed by atoms with van der Waals surface area (Å²) in [4.78, 5) is 12.0. The number of benzene rings is 4. The van der Waals surface area contributed by atoms with Gasteiger partial charge in [-0.3, -0.25) is 4.90 Å². The lowest BCUT2D eigenvalue weighted by Crippen LogP contribution is -2.17. The molecule has 2 aromatic heterocycles. The SMILES string of the molecule is CC(C)(C)c1cc(-c2nc3c(-c4cccc(N(c5ccccc5)c5ccccn5)c4)cccc3s2)c(O)c(C(C)(C)C)c1. The standard InChI is InChI=1S/C38H37N3OS/c1-37(2,3)26-23-30(35(42)31(24-26)38(4,5)6)36-40-34-29(18-13-19-32(34)43-36)25-14-12-17-28(22-25)41(27-15-8-7-9-16-27)33-20-10-11-21-39-33/h7-24,42H,1-6H3. The van der Waals surface area contributed by atoms with Gasteiger partial charge in [0.05, 0.1) is 15.8 Å². The maximum Gasteiger partial charge on any atom is 0.137 e. The third-order valence-electron chi connectivity index (χ3n) is 7.74. The molecule has 0 fully saturated rings. The van der Waals surface area contributed by atoms with Crippen molar-refractivity contribution in [3.63, 3.8) is 0 Å². The Labute approximate surface area is 258 Å². The van der Waals surface area contributed by atoms with E-state index in [9.17, 15) is 5.11 Å². The average Bonchev–Trinajstić information content (AvgIpc) is 3.42. The predicted molar refractivity (Wildman–Crippen MR) is 182 cm³/mol. The number of hydrogen-bond donors (Lipinski definition) is 1. The zero-order chi connectivity index (χ0) is 30.4. The molecule has 6 rings (SSSR count). The van der Waals surface area contributed by atoms with Gasteiger partial charge in [0.25, 0.3) is 0 Å². The summed E-state index contributed by atoms with van der Waals surface area (Å²) < 4.78 is 1.08. The van der Waals surface area contributed by atoms with E-state index in [1.165, 1.54) is 5.56 Å². The summed E-state index contributed by atoms with van der Waals surface area (Å²) in [5.74, 6) is 1.17. The first-order valence-corrected chi connectivity index (χ1v) is 15.5. The minimum atomic E-state index is -0.208. The van der Waals surface area contributed by atoms with E-state index in [2.05, 4.69) is 118 Å². The molecule has 6 aromatic rings. The Morgan fingerprint density at radius 2 is 1.40 bits per heavy atom. The van der Waals surface area contributed by atoms with Crippen molar-refractivity contribution >= 4 is 38.7 Å². The Morgan fingerprint density at radius 3 is 2.09 bits per heavy atom. The van der Waals surface area contributed by atoms with Crippen LogP contribution in [0.4, 0.5) is 17.2 Å². The fourth-order valence-corrected chi connectivity index (χ4v) is 6.40. The van der Waals surface area contributed by atoms with Crippen LogP contribution in [0.1, 0.15) is 52.7 Å². The van der Waals surface area contributed by atoms with Gasteiger partial charge in [0, 0.05) is 28.7 Å². The molecule has 0 aliphatic rings. The Kier molecular flexibility index (Phi) is 7.31. The van der Waals surface area contributed by atoms with E-state index >= 15 is 0 Å². The van der Waals surface area contributed by atoms with Gasteiger partial charge in [-0.25, -0.2) is 9.97 Å². The molecule has 0 radical (unpaired) electrons. The molecular weight excluding hydrogens is 547 g/mol. The highest BCUT2D eigenvalue weighted by molar-refractivity contribution is 7.21. The number of fused-ring (bicyclic) bond motifs is 1. The number of para-hydroxylation sites is 2. The van der Waals surface area contributed by atoms with Crippen molar-refractivity contribution in [2.45, 2.75) is 52.4 Å². The lowest BCUT2D eigenvalue weighted by atomic mass is 9.79. The van der Waals surface area contributed by atoms with Gasteiger partial charge >= 0.3 is 0 Å². The molecule has 0 aliphatic carbocycles. The van der Waals surface area contributed by atoms with Gasteiger partial charge in [-0.15, -0.1) is 11.3 Å².